The molecule has 0 bridgehead atoms. The van der Waals surface area contributed by atoms with E-state index in [1.807, 2.05) is 19.4 Å². The highest BCUT2D eigenvalue weighted by Gasteiger charge is 2.30. The number of aromatic nitrogens is 2. The van der Waals surface area contributed by atoms with Crippen molar-refractivity contribution in [3.8, 4) is 0 Å². The summed E-state index contributed by atoms with van der Waals surface area (Å²) in [7, 11) is 0. The Labute approximate surface area is 90.5 Å². The summed E-state index contributed by atoms with van der Waals surface area (Å²) >= 11 is 0. The molecule has 4 nitrogen and oxygen atoms in total. The van der Waals surface area contributed by atoms with Crippen LogP contribution in [0.4, 0.5) is 0 Å². The molecule has 1 saturated heterocycles. The van der Waals surface area contributed by atoms with Crippen LogP contribution in [0.15, 0.2) is 18.7 Å². The Morgan fingerprint density at radius 2 is 2.33 bits per heavy atom. The fourth-order valence-electron chi connectivity index (χ4n) is 2.13. The molecule has 15 heavy (non-hydrogen) atoms. The molecule has 4 heteroatoms. The van der Waals surface area contributed by atoms with E-state index in [2.05, 4.69) is 14.5 Å². The molecule has 0 amide bonds. The number of aliphatic hydroxyl groups is 1. The summed E-state index contributed by atoms with van der Waals surface area (Å²) in [4.78, 5) is 6.34. The number of β-amino-alcohol motifs (C(OH)–C–C–N with tert-alkyl or cyclic N) is 1. The maximum atomic E-state index is 9.79. The van der Waals surface area contributed by atoms with Crippen LogP contribution in [0.2, 0.25) is 0 Å². The van der Waals surface area contributed by atoms with Crippen LogP contribution in [0.25, 0.3) is 0 Å². The van der Waals surface area contributed by atoms with Crippen LogP contribution < -0.4 is 0 Å². The van der Waals surface area contributed by atoms with Gasteiger partial charge in [-0.3, -0.25) is 0 Å². The lowest BCUT2D eigenvalue weighted by Gasteiger charge is -2.18. The minimum absolute atomic E-state index is 0.463. The first-order valence-electron chi connectivity index (χ1n) is 5.56. The summed E-state index contributed by atoms with van der Waals surface area (Å²) in [5.41, 5.74) is -0.463. The Kier molecular flexibility index (Phi) is 3.07. The van der Waals surface area contributed by atoms with E-state index in [0.29, 0.717) is 0 Å². The van der Waals surface area contributed by atoms with Gasteiger partial charge in [-0.15, -0.1) is 0 Å². The van der Waals surface area contributed by atoms with Gasteiger partial charge in [0.05, 0.1) is 11.9 Å². The van der Waals surface area contributed by atoms with Crippen LogP contribution in [0.5, 0.6) is 0 Å². The zero-order valence-corrected chi connectivity index (χ0v) is 9.26. The number of rotatable bonds is 4. The van der Waals surface area contributed by atoms with Crippen molar-refractivity contribution in [3.63, 3.8) is 0 Å². The predicted octanol–water partition coefficient (Wildman–Crippen LogP) is 0.730. The minimum atomic E-state index is -0.463. The first kappa shape index (κ1) is 10.6. The van der Waals surface area contributed by atoms with Crippen molar-refractivity contribution < 1.29 is 5.11 Å². The highest BCUT2D eigenvalue weighted by molar-refractivity contribution is 4.85. The Morgan fingerprint density at radius 1 is 1.47 bits per heavy atom. The van der Waals surface area contributed by atoms with Crippen molar-refractivity contribution in [1.82, 2.24) is 14.5 Å². The molecule has 84 valence electrons. The van der Waals surface area contributed by atoms with Crippen LogP contribution in [0, 0.1) is 0 Å². The molecule has 1 aromatic rings. The van der Waals surface area contributed by atoms with Gasteiger partial charge in [0.15, 0.2) is 0 Å². The average molecular weight is 209 g/mol. The molecule has 1 unspecified atom stereocenters. The summed E-state index contributed by atoms with van der Waals surface area (Å²) in [6.07, 6.45) is 7.66. The third-order valence-electron chi connectivity index (χ3n) is 2.98. The summed E-state index contributed by atoms with van der Waals surface area (Å²) in [5, 5.41) is 9.79. The first-order chi connectivity index (χ1) is 7.16. The third kappa shape index (κ3) is 3.04. The van der Waals surface area contributed by atoms with Gasteiger partial charge in [-0.2, -0.15) is 0 Å². The van der Waals surface area contributed by atoms with Crippen LogP contribution in [0.1, 0.15) is 19.8 Å². The maximum Gasteiger partial charge on any atom is 0.0945 e. The van der Waals surface area contributed by atoms with Crippen LogP contribution in [-0.4, -0.2) is 44.8 Å². The van der Waals surface area contributed by atoms with Crippen LogP contribution >= 0.6 is 0 Å². The largest absolute Gasteiger partial charge is 0.389 e. The van der Waals surface area contributed by atoms with Gasteiger partial charge in [-0.25, -0.2) is 4.98 Å². The van der Waals surface area contributed by atoms with Gasteiger partial charge in [-0.05, 0) is 26.3 Å². The first-order valence-corrected chi connectivity index (χ1v) is 5.56. The lowest BCUT2D eigenvalue weighted by atomic mass is 10.1. The number of aryl methyl sites for hydroxylation is 1. The van der Waals surface area contributed by atoms with Crippen molar-refractivity contribution in [2.24, 2.45) is 0 Å². The number of hydrogen-bond acceptors (Lipinski definition) is 3. The minimum Gasteiger partial charge on any atom is -0.389 e. The quantitative estimate of drug-likeness (QED) is 0.795. The van der Waals surface area contributed by atoms with E-state index in [-0.39, 0.29) is 0 Å². The average Bonchev–Trinajstić information content (AvgIpc) is 2.76. The van der Waals surface area contributed by atoms with Gasteiger partial charge in [0, 0.05) is 32.0 Å². The standard InChI is InChI=1S/C11H19N3O/c1-11(15)3-7-13(9-11)5-2-6-14-8-4-12-10-14/h4,8,10,15H,2-3,5-7,9H2,1H3. The van der Waals surface area contributed by atoms with E-state index in [4.69, 9.17) is 0 Å². The number of imidazole rings is 1. The van der Waals surface area contributed by atoms with Crippen LogP contribution in [-0.2, 0) is 6.54 Å². The van der Waals surface area contributed by atoms with Crippen molar-refractivity contribution in [3.05, 3.63) is 18.7 Å². The molecular weight excluding hydrogens is 190 g/mol. The Morgan fingerprint density at radius 3 is 2.93 bits per heavy atom. The summed E-state index contributed by atoms with van der Waals surface area (Å²) in [5.74, 6) is 0. The highest BCUT2D eigenvalue weighted by Crippen LogP contribution is 2.19. The second kappa shape index (κ2) is 4.33. The molecule has 1 aliphatic heterocycles. The van der Waals surface area contributed by atoms with Crippen molar-refractivity contribution >= 4 is 0 Å². The van der Waals surface area contributed by atoms with Gasteiger partial charge in [0.1, 0.15) is 0 Å². The molecule has 2 heterocycles. The molecule has 1 fully saturated rings. The molecule has 1 aliphatic rings. The van der Waals surface area contributed by atoms with E-state index in [0.717, 1.165) is 39.0 Å². The molecule has 2 rings (SSSR count). The van der Waals surface area contributed by atoms with E-state index in [9.17, 15) is 5.11 Å². The van der Waals surface area contributed by atoms with Crippen molar-refractivity contribution in [2.45, 2.75) is 31.9 Å². The normalized spacial score (nSPS) is 27.3. The van der Waals surface area contributed by atoms with Gasteiger partial charge in [0.2, 0.25) is 0 Å². The molecule has 1 atom stereocenters. The Bertz CT molecular complexity index is 295. The SMILES string of the molecule is CC1(O)CCN(CCCn2ccnc2)C1. The second-order valence-electron chi connectivity index (χ2n) is 4.68. The smallest absolute Gasteiger partial charge is 0.0945 e. The molecule has 0 aliphatic carbocycles. The van der Waals surface area contributed by atoms with E-state index in [1.165, 1.54) is 0 Å². The Hall–Kier alpha value is -0.870. The Balaban J connectivity index is 1.67. The molecule has 0 saturated carbocycles. The number of likely N-dealkylation sites (tertiary alicyclic amines) is 1. The molecule has 1 aromatic heterocycles. The zero-order valence-electron chi connectivity index (χ0n) is 9.26. The topological polar surface area (TPSA) is 41.3 Å². The molecular formula is C11H19N3O. The number of hydrogen-bond donors (Lipinski definition) is 1. The van der Waals surface area contributed by atoms with E-state index < -0.39 is 5.60 Å². The van der Waals surface area contributed by atoms with E-state index >= 15 is 0 Å². The number of nitrogens with zero attached hydrogens (tertiary/aromatic N) is 3. The summed E-state index contributed by atoms with van der Waals surface area (Å²) in [6, 6.07) is 0. The predicted molar refractivity (Wildman–Crippen MR) is 58.5 cm³/mol. The van der Waals surface area contributed by atoms with Crippen molar-refractivity contribution in [1.29, 1.82) is 0 Å². The van der Waals surface area contributed by atoms with Gasteiger partial charge in [0.25, 0.3) is 0 Å². The fourth-order valence-corrected chi connectivity index (χ4v) is 2.13. The van der Waals surface area contributed by atoms with Gasteiger partial charge in [-0.1, -0.05) is 0 Å². The highest BCUT2D eigenvalue weighted by atomic mass is 16.3. The molecule has 0 spiro atoms. The third-order valence-corrected chi connectivity index (χ3v) is 2.98. The lowest BCUT2D eigenvalue weighted by Crippen LogP contribution is -2.30. The maximum absolute atomic E-state index is 9.79. The van der Waals surface area contributed by atoms with E-state index in [1.54, 1.807) is 6.20 Å². The summed E-state index contributed by atoms with van der Waals surface area (Å²) < 4.78 is 2.09. The summed E-state index contributed by atoms with van der Waals surface area (Å²) in [6.45, 7) is 5.84. The molecule has 0 radical (unpaired) electrons. The lowest BCUT2D eigenvalue weighted by molar-refractivity contribution is 0.0685. The van der Waals surface area contributed by atoms with Gasteiger partial charge >= 0.3 is 0 Å². The molecule has 0 aromatic carbocycles. The van der Waals surface area contributed by atoms with Gasteiger partial charge < -0.3 is 14.6 Å². The van der Waals surface area contributed by atoms with Crippen molar-refractivity contribution in [2.75, 3.05) is 19.6 Å². The zero-order chi connectivity index (χ0) is 10.7. The second-order valence-corrected chi connectivity index (χ2v) is 4.68. The fraction of sp³-hybridized carbons (Fsp3) is 0.727. The van der Waals surface area contributed by atoms with Crippen LogP contribution in [0.3, 0.4) is 0 Å². The molecule has 1 N–H and O–H groups in total. The monoisotopic (exact) mass is 209 g/mol.